The highest BCUT2D eigenvalue weighted by molar-refractivity contribution is 7.77. The number of aliphatic hydroxyl groups is 1. The number of rotatable bonds is 4. The van der Waals surface area contributed by atoms with Crippen molar-refractivity contribution in [3.8, 4) is 10.4 Å². The van der Waals surface area contributed by atoms with Gasteiger partial charge in [0.1, 0.15) is 11.6 Å². The Morgan fingerprint density at radius 2 is 2.16 bits per heavy atom. The molecule has 1 aromatic carbocycles. The van der Waals surface area contributed by atoms with Crippen molar-refractivity contribution in [2.24, 2.45) is 5.41 Å². The standard InChI is InChI=1S/C20H24FNOS2/c1-12(23)17-14-10-20(2,3)9-8-16(14)25-19(17)18-13(11-22(4)24)6-5-7-15(18)21/h5-7,23-24H,1,8-11H2,2-4H3. The third-order valence-corrected chi connectivity index (χ3v) is 6.24. The molecule has 0 unspecified atom stereocenters. The summed E-state index contributed by atoms with van der Waals surface area (Å²) in [5.74, 6) is -0.244. The van der Waals surface area contributed by atoms with Gasteiger partial charge in [-0.15, -0.1) is 11.3 Å². The number of hydrogen-bond acceptors (Lipinski definition) is 4. The number of nitrogens with zero attached hydrogens (tertiary/aromatic N) is 1. The van der Waals surface area contributed by atoms with Gasteiger partial charge in [-0.1, -0.05) is 45.4 Å². The zero-order valence-electron chi connectivity index (χ0n) is 14.9. The SMILES string of the molecule is C=C(O)c1c(-c2c(F)cccc2CN(C)S)sc2c1CC(C)(C)CC2. The van der Waals surface area contributed by atoms with Crippen molar-refractivity contribution in [2.45, 2.75) is 39.7 Å². The average molecular weight is 378 g/mol. The molecule has 0 fully saturated rings. The number of thiol groups is 1. The highest BCUT2D eigenvalue weighted by Crippen LogP contribution is 2.48. The predicted octanol–water partition coefficient (Wildman–Crippen LogP) is 5.87. The number of thiophene rings is 1. The molecule has 0 aliphatic heterocycles. The summed E-state index contributed by atoms with van der Waals surface area (Å²) in [6.07, 6.45) is 2.94. The molecule has 0 atom stereocenters. The molecule has 0 amide bonds. The van der Waals surface area contributed by atoms with Crippen LogP contribution in [0.5, 0.6) is 0 Å². The van der Waals surface area contributed by atoms with Crippen molar-refractivity contribution in [1.29, 1.82) is 0 Å². The third-order valence-electron chi connectivity index (χ3n) is 4.79. The molecule has 2 nitrogen and oxygen atoms in total. The van der Waals surface area contributed by atoms with E-state index in [1.807, 2.05) is 13.1 Å². The first-order valence-corrected chi connectivity index (χ1v) is 9.62. The summed E-state index contributed by atoms with van der Waals surface area (Å²) in [7, 11) is 1.84. The number of benzene rings is 1. The summed E-state index contributed by atoms with van der Waals surface area (Å²) in [5.41, 5.74) is 3.46. The minimum atomic E-state index is -0.270. The topological polar surface area (TPSA) is 23.5 Å². The fraction of sp³-hybridized carbons (Fsp3) is 0.400. The van der Waals surface area contributed by atoms with Crippen LogP contribution in [-0.2, 0) is 19.4 Å². The Bertz CT molecular complexity index is 823. The maximum atomic E-state index is 14.8. The average Bonchev–Trinajstić information content (AvgIpc) is 2.83. The monoisotopic (exact) mass is 377 g/mol. The van der Waals surface area contributed by atoms with Gasteiger partial charge in [-0.3, -0.25) is 4.31 Å². The van der Waals surface area contributed by atoms with Gasteiger partial charge in [-0.2, -0.15) is 0 Å². The number of aryl methyl sites for hydroxylation is 1. The van der Waals surface area contributed by atoms with E-state index in [2.05, 4.69) is 33.2 Å². The molecule has 1 heterocycles. The largest absolute Gasteiger partial charge is 0.508 e. The van der Waals surface area contributed by atoms with Crippen LogP contribution in [0.15, 0.2) is 24.8 Å². The minimum absolute atomic E-state index is 0.0265. The van der Waals surface area contributed by atoms with E-state index in [4.69, 9.17) is 0 Å². The minimum Gasteiger partial charge on any atom is -0.508 e. The number of aliphatic hydroxyl groups excluding tert-OH is 1. The van der Waals surface area contributed by atoms with Crippen LogP contribution in [-0.4, -0.2) is 16.5 Å². The molecule has 0 saturated carbocycles. The Morgan fingerprint density at radius 3 is 2.80 bits per heavy atom. The smallest absolute Gasteiger partial charge is 0.132 e. The molecule has 0 bridgehead atoms. The lowest BCUT2D eigenvalue weighted by atomic mass is 9.75. The molecule has 134 valence electrons. The van der Waals surface area contributed by atoms with Crippen molar-refractivity contribution in [2.75, 3.05) is 7.05 Å². The van der Waals surface area contributed by atoms with Crippen LogP contribution < -0.4 is 0 Å². The van der Waals surface area contributed by atoms with E-state index in [9.17, 15) is 9.50 Å². The van der Waals surface area contributed by atoms with E-state index in [0.29, 0.717) is 12.1 Å². The van der Waals surface area contributed by atoms with Gasteiger partial charge in [-0.05, 0) is 48.9 Å². The van der Waals surface area contributed by atoms with Gasteiger partial charge in [0.2, 0.25) is 0 Å². The number of fused-ring (bicyclic) bond motifs is 1. The summed E-state index contributed by atoms with van der Waals surface area (Å²) in [6, 6.07) is 5.11. The number of halogens is 1. The summed E-state index contributed by atoms with van der Waals surface area (Å²) < 4.78 is 16.5. The first kappa shape index (κ1) is 18.5. The fourth-order valence-corrected chi connectivity index (χ4v) is 5.18. The van der Waals surface area contributed by atoms with Crippen LogP contribution in [0.2, 0.25) is 0 Å². The van der Waals surface area contributed by atoms with Crippen LogP contribution in [0.4, 0.5) is 4.39 Å². The fourth-order valence-electron chi connectivity index (χ4n) is 3.60. The van der Waals surface area contributed by atoms with Gasteiger partial charge in [0.15, 0.2) is 0 Å². The molecule has 1 aliphatic rings. The molecular weight excluding hydrogens is 353 g/mol. The Morgan fingerprint density at radius 1 is 1.44 bits per heavy atom. The predicted molar refractivity (Wildman–Crippen MR) is 108 cm³/mol. The Balaban J connectivity index is 2.23. The molecule has 1 aliphatic carbocycles. The zero-order chi connectivity index (χ0) is 18.4. The van der Waals surface area contributed by atoms with Crippen molar-refractivity contribution in [3.63, 3.8) is 0 Å². The van der Waals surface area contributed by atoms with Crippen LogP contribution >= 0.6 is 24.2 Å². The van der Waals surface area contributed by atoms with E-state index >= 15 is 0 Å². The van der Waals surface area contributed by atoms with Crippen LogP contribution in [0, 0.1) is 11.2 Å². The second kappa shape index (κ2) is 6.78. The van der Waals surface area contributed by atoms with E-state index in [1.165, 1.54) is 10.9 Å². The van der Waals surface area contributed by atoms with Crippen molar-refractivity contribution < 1.29 is 9.50 Å². The molecular formula is C20H24FNOS2. The summed E-state index contributed by atoms with van der Waals surface area (Å²) in [5, 5.41) is 10.3. The first-order chi connectivity index (χ1) is 11.7. The van der Waals surface area contributed by atoms with E-state index in [1.54, 1.807) is 21.7 Å². The molecule has 5 heteroatoms. The van der Waals surface area contributed by atoms with Gasteiger partial charge in [-0.25, -0.2) is 4.39 Å². The third kappa shape index (κ3) is 3.64. The second-order valence-electron chi connectivity index (χ2n) is 7.59. The number of hydrogen-bond donors (Lipinski definition) is 2. The molecule has 1 aromatic heterocycles. The summed E-state index contributed by atoms with van der Waals surface area (Å²) in [6.45, 7) is 8.77. The molecule has 0 saturated heterocycles. The summed E-state index contributed by atoms with van der Waals surface area (Å²) in [4.78, 5) is 2.03. The maximum absolute atomic E-state index is 14.8. The van der Waals surface area contributed by atoms with Gasteiger partial charge in [0, 0.05) is 27.4 Å². The Hall–Kier alpha value is -1.30. The lowest BCUT2D eigenvalue weighted by Gasteiger charge is -2.30. The maximum Gasteiger partial charge on any atom is 0.132 e. The van der Waals surface area contributed by atoms with Crippen molar-refractivity contribution in [3.05, 3.63) is 52.2 Å². The zero-order valence-corrected chi connectivity index (χ0v) is 16.6. The van der Waals surface area contributed by atoms with Gasteiger partial charge in [0.05, 0.1) is 0 Å². The quantitative estimate of drug-likeness (QED) is 0.514. The van der Waals surface area contributed by atoms with Gasteiger partial charge in [0.25, 0.3) is 0 Å². The van der Waals surface area contributed by atoms with Crippen LogP contribution in [0.3, 0.4) is 0 Å². The molecule has 3 rings (SSSR count). The molecule has 0 radical (unpaired) electrons. The molecule has 25 heavy (non-hydrogen) atoms. The Kier molecular flexibility index (Phi) is 5.02. The van der Waals surface area contributed by atoms with Crippen LogP contribution in [0.1, 0.15) is 41.8 Å². The highest BCUT2D eigenvalue weighted by Gasteiger charge is 2.32. The molecule has 0 spiro atoms. The van der Waals surface area contributed by atoms with Gasteiger partial charge >= 0.3 is 0 Å². The normalized spacial score (nSPS) is 16.1. The lowest BCUT2D eigenvalue weighted by molar-refractivity contribution is 0.317. The van der Waals surface area contributed by atoms with Crippen molar-refractivity contribution in [1.82, 2.24) is 4.31 Å². The van der Waals surface area contributed by atoms with E-state index < -0.39 is 0 Å². The van der Waals surface area contributed by atoms with E-state index in [-0.39, 0.29) is 17.0 Å². The van der Waals surface area contributed by atoms with Gasteiger partial charge < -0.3 is 5.11 Å². The molecule has 1 N–H and O–H groups in total. The summed E-state index contributed by atoms with van der Waals surface area (Å²) >= 11 is 5.91. The highest BCUT2D eigenvalue weighted by atomic mass is 32.1. The van der Waals surface area contributed by atoms with Crippen molar-refractivity contribution >= 4 is 29.9 Å². The lowest BCUT2D eigenvalue weighted by Crippen LogP contribution is -2.21. The second-order valence-corrected chi connectivity index (χ2v) is 9.37. The molecule has 2 aromatic rings. The van der Waals surface area contributed by atoms with E-state index in [0.717, 1.165) is 40.8 Å². The Labute approximate surface area is 158 Å². The first-order valence-electron chi connectivity index (χ1n) is 8.40. The van der Waals surface area contributed by atoms with Crippen LogP contribution in [0.25, 0.3) is 16.2 Å².